The Morgan fingerprint density at radius 1 is 1.16 bits per heavy atom. The lowest BCUT2D eigenvalue weighted by Crippen LogP contribution is -2.16. The molecule has 1 amide bonds. The van der Waals surface area contributed by atoms with Crippen LogP contribution < -0.4 is 5.32 Å². The van der Waals surface area contributed by atoms with Crippen LogP contribution in [-0.4, -0.2) is 15.9 Å². The third kappa shape index (κ3) is 2.82. The number of hydrogen-bond acceptors (Lipinski definition) is 3. The number of hydrogen-bond donors (Lipinski definition) is 1. The first-order valence-corrected chi connectivity index (χ1v) is 5.30. The Balaban J connectivity index is 2.28. The maximum absolute atomic E-state index is 13.4. The molecule has 98 valence electrons. The van der Waals surface area contributed by atoms with Gasteiger partial charge in [-0.15, -0.1) is 0 Å². The Kier molecular flexibility index (Phi) is 3.66. The highest BCUT2D eigenvalue weighted by Crippen LogP contribution is 2.16. The van der Waals surface area contributed by atoms with Gasteiger partial charge in [0.1, 0.15) is 5.15 Å². The van der Waals surface area contributed by atoms with Crippen LogP contribution in [0.1, 0.15) is 10.4 Å². The van der Waals surface area contributed by atoms with Crippen LogP contribution in [0, 0.1) is 17.5 Å². The van der Waals surface area contributed by atoms with Gasteiger partial charge in [-0.2, -0.15) is 0 Å². The lowest BCUT2D eigenvalue weighted by Gasteiger charge is -2.05. The van der Waals surface area contributed by atoms with Gasteiger partial charge >= 0.3 is 0 Å². The summed E-state index contributed by atoms with van der Waals surface area (Å²) in [4.78, 5) is 18.9. The van der Waals surface area contributed by atoms with Gasteiger partial charge in [-0.05, 0) is 18.2 Å². The van der Waals surface area contributed by atoms with Gasteiger partial charge in [0, 0.05) is 6.20 Å². The average molecular weight is 288 g/mol. The number of carbonyl (C=O) groups excluding carboxylic acids is 1. The van der Waals surface area contributed by atoms with Gasteiger partial charge in [0.25, 0.3) is 5.91 Å². The number of benzene rings is 1. The standard InChI is InChI=1S/C11H5ClF3N3O/c12-7-3-4-16-11(17-7)18-10(19)5-1-2-6(13)9(15)8(5)14/h1-4H,(H,16,17,18,19). The second-order valence-electron chi connectivity index (χ2n) is 3.38. The van der Waals surface area contributed by atoms with Crippen LogP contribution in [0.3, 0.4) is 0 Å². The number of anilines is 1. The van der Waals surface area contributed by atoms with Crippen LogP contribution in [0.2, 0.25) is 5.15 Å². The number of rotatable bonds is 2. The SMILES string of the molecule is O=C(Nc1nccc(Cl)n1)c1ccc(F)c(F)c1F. The zero-order chi connectivity index (χ0) is 14.0. The zero-order valence-corrected chi connectivity index (χ0v) is 9.88. The molecule has 1 N–H and O–H groups in total. The van der Waals surface area contributed by atoms with Crippen molar-refractivity contribution < 1.29 is 18.0 Å². The van der Waals surface area contributed by atoms with Crippen LogP contribution in [0.5, 0.6) is 0 Å². The fraction of sp³-hybridized carbons (Fsp3) is 0. The Morgan fingerprint density at radius 3 is 2.58 bits per heavy atom. The lowest BCUT2D eigenvalue weighted by atomic mass is 10.2. The van der Waals surface area contributed by atoms with Crippen molar-refractivity contribution in [3.05, 3.63) is 52.6 Å². The van der Waals surface area contributed by atoms with Crippen molar-refractivity contribution in [1.82, 2.24) is 9.97 Å². The van der Waals surface area contributed by atoms with E-state index in [9.17, 15) is 18.0 Å². The first kappa shape index (κ1) is 13.3. The zero-order valence-electron chi connectivity index (χ0n) is 9.12. The molecule has 1 heterocycles. The minimum Gasteiger partial charge on any atom is -0.290 e. The molecule has 2 aromatic rings. The van der Waals surface area contributed by atoms with Gasteiger partial charge in [-0.1, -0.05) is 11.6 Å². The topological polar surface area (TPSA) is 54.9 Å². The van der Waals surface area contributed by atoms with Crippen LogP contribution >= 0.6 is 11.6 Å². The van der Waals surface area contributed by atoms with Crippen molar-refractivity contribution in [3.8, 4) is 0 Å². The predicted molar refractivity (Wildman–Crippen MR) is 61.3 cm³/mol. The molecule has 4 nitrogen and oxygen atoms in total. The Morgan fingerprint density at radius 2 is 1.89 bits per heavy atom. The van der Waals surface area contributed by atoms with Gasteiger partial charge in [0.2, 0.25) is 5.95 Å². The van der Waals surface area contributed by atoms with Gasteiger partial charge in [0.05, 0.1) is 5.56 Å². The fourth-order valence-electron chi connectivity index (χ4n) is 1.27. The number of nitrogens with zero attached hydrogens (tertiary/aromatic N) is 2. The first-order valence-electron chi connectivity index (χ1n) is 4.92. The van der Waals surface area contributed by atoms with E-state index in [-0.39, 0.29) is 11.1 Å². The molecule has 1 aromatic carbocycles. The monoisotopic (exact) mass is 287 g/mol. The van der Waals surface area contributed by atoms with Crippen molar-refractivity contribution in [2.75, 3.05) is 5.32 Å². The predicted octanol–water partition coefficient (Wildman–Crippen LogP) is 2.80. The molecule has 0 atom stereocenters. The summed E-state index contributed by atoms with van der Waals surface area (Å²) < 4.78 is 39.0. The molecule has 0 aliphatic rings. The third-order valence-corrected chi connectivity index (χ3v) is 2.34. The minimum atomic E-state index is -1.72. The molecular weight excluding hydrogens is 283 g/mol. The van der Waals surface area contributed by atoms with Gasteiger partial charge in [0.15, 0.2) is 17.5 Å². The van der Waals surface area contributed by atoms with E-state index in [0.717, 1.165) is 6.07 Å². The molecular formula is C11H5ClF3N3O. The summed E-state index contributed by atoms with van der Waals surface area (Å²) in [7, 11) is 0. The Hall–Kier alpha value is -2.15. The van der Waals surface area contributed by atoms with E-state index in [1.165, 1.54) is 12.3 Å². The van der Waals surface area contributed by atoms with Crippen molar-refractivity contribution in [2.24, 2.45) is 0 Å². The van der Waals surface area contributed by atoms with E-state index in [1.807, 2.05) is 0 Å². The third-order valence-electron chi connectivity index (χ3n) is 2.13. The van der Waals surface area contributed by atoms with Crippen molar-refractivity contribution in [1.29, 1.82) is 0 Å². The van der Waals surface area contributed by atoms with Crippen molar-refractivity contribution >= 4 is 23.5 Å². The van der Waals surface area contributed by atoms with E-state index in [2.05, 4.69) is 15.3 Å². The van der Waals surface area contributed by atoms with Crippen LogP contribution in [0.4, 0.5) is 19.1 Å². The summed E-state index contributed by atoms with van der Waals surface area (Å²) in [6, 6.07) is 2.83. The highest BCUT2D eigenvalue weighted by molar-refractivity contribution is 6.29. The maximum atomic E-state index is 13.4. The largest absolute Gasteiger partial charge is 0.290 e. The minimum absolute atomic E-state index is 0.0658. The summed E-state index contributed by atoms with van der Waals surface area (Å²) in [5.41, 5.74) is -0.664. The van der Waals surface area contributed by atoms with E-state index in [4.69, 9.17) is 11.6 Å². The summed E-state index contributed by atoms with van der Waals surface area (Å²) in [5.74, 6) is -5.88. The highest BCUT2D eigenvalue weighted by atomic mass is 35.5. The number of nitrogens with one attached hydrogen (secondary N) is 1. The second kappa shape index (κ2) is 5.23. The Labute approximate surface area is 110 Å². The molecule has 0 unspecified atom stereocenters. The number of amides is 1. The molecule has 0 saturated carbocycles. The second-order valence-corrected chi connectivity index (χ2v) is 3.77. The molecule has 0 saturated heterocycles. The van der Waals surface area contributed by atoms with E-state index < -0.39 is 28.9 Å². The molecule has 1 aromatic heterocycles. The van der Waals surface area contributed by atoms with Crippen molar-refractivity contribution in [3.63, 3.8) is 0 Å². The Bertz CT molecular complexity index is 651. The number of aromatic nitrogens is 2. The van der Waals surface area contributed by atoms with Crippen molar-refractivity contribution in [2.45, 2.75) is 0 Å². The smallest absolute Gasteiger partial charge is 0.261 e. The molecule has 2 rings (SSSR count). The molecule has 0 spiro atoms. The maximum Gasteiger partial charge on any atom is 0.261 e. The molecule has 0 aliphatic carbocycles. The first-order chi connectivity index (χ1) is 8.99. The molecule has 8 heteroatoms. The van der Waals surface area contributed by atoms with Gasteiger partial charge in [-0.3, -0.25) is 10.1 Å². The van der Waals surface area contributed by atoms with Crippen LogP contribution in [0.25, 0.3) is 0 Å². The number of carbonyl (C=O) groups is 1. The van der Waals surface area contributed by atoms with Crippen LogP contribution in [0.15, 0.2) is 24.4 Å². The van der Waals surface area contributed by atoms with Gasteiger partial charge in [-0.25, -0.2) is 23.1 Å². The average Bonchev–Trinajstić information content (AvgIpc) is 2.36. The quantitative estimate of drug-likeness (QED) is 0.682. The normalized spacial score (nSPS) is 10.3. The summed E-state index contributed by atoms with van der Waals surface area (Å²) in [6.07, 6.45) is 1.27. The van der Waals surface area contributed by atoms with Gasteiger partial charge < -0.3 is 0 Å². The fourth-order valence-corrected chi connectivity index (χ4v) is 1.40. The van der Waals surface area contributed by atoms with E-state index in [1.54, 1.807) is 0 Å². The van der Waals surface area contributed by atoms with E-state index in [0.29, 0.717) is 6.07 Å². The summed E-state index contributed by atoms with van der Waals surface area (Å²) in [5, 5.41) is 2.18. The summed E-state index contributed by atoms with van der Waals surface area (Å²) in [6.45, 7) is 0. The molecule has 0 fully saturated rings. The van der Waals surface area contributed by atoms with Crippen LogP contribution in [-0.2, 0) is 0 Å². The molecule has 0 radical (unpaired) electrons. The van der Waals surface area contributed by atoms with E-state index >= 15 is 0 Å². The molecule has 19 heavy (non-hydrogen) atoms. The number of halogens is 4. The lowest BCUT2D eigenvalue weighted by molar-refractivity contribution is 0.102. The molecule has 0 aliphatic heterocycles. The summed E-state index contributed by atoms with van der Waals surface area (Å²) >= 11 is 5.57. The highest BCUT2D eigenvalue weighted by Gasteiger charge is 2.19. The molecule has 0 bridgehead atoms.